The van der Waals surface area contributed by atoms with Crippen LogP contribution in [0, 0.1) is 17.0 Å². The largest absolute Gasteiger partial charge is 0.455 e. The van der Waals surface area contributed by atoms with Gasteiger partial charge in [0, 0.05) is 17.8 Å². The maximum absolute atomic E-state index is 11.7. The van der Waals surface area contributed by atoms with Crippen molar-refractivity contribution in [3.05, 3.63) is 69.8 Å². The van der Waals surface area contributed by atoms with Gasteiger partial charge in [0.1, 0.15) is 0 Å². The molecular formula is C17H16N2O5. The Morgan fingerprint density at radius 2 is 1.88 bits per heavy atom. The van der Waals surface area contributed by atoms with Crippen molar-refractivity contribution in [3.8, 4) is 0 Å². The van der Waals surface area contributed by atoms with Gasteiger partial charge >= 0.3 is 5.97 Å². The number of aryl methyl sites for hydroxylation is 1. The van der Waals surface area contributed by atoms with Crippen LogP contribution in [0.3, 0.4) is 0 Å². The highest BCUT2D eigenvalue weighted by Crippen LogP contribution is 2.16. The van der Waals surface area contributed by atoms with Gasteiger partial charge in [-0.05, 0) is 18.6 Å². The Bertz CT molecular complexity index is 756. The van der Waals surface area contributed by atoms with Gasteiger partial charge in [-0.1, -0.05) is 35.9 Å². The number of hydrogen-bond donors (Lipinski definition) is 1. The van der Waals surface area contributed by atoms with Crippen molar-refractivity contribution < 1.29 is 19.2 Å². The molecule has 124 valence electrons. The number of amides is 1. The topological polar surface area (TPSA) is 98.5 Å². The summed E-state index contributed by atoms with van der Waals surface area (Å²) in [7, 11) is 0. The van der Waals surface area contributed by atoms with Gasteiger partial charge in [0.15, 0.2) is 6.61 Å². The van der Waals surface area contributed by atoms with E-state index in [4.69, 9.17) is 4.74 Å². The van der Waals surface area contributed by atoms with Gasteiger partial charge < -0.3 is 10.1 Å². The number of carbonyl (C=O) groups excluding carboxylic acids is 2. The summed E-state index contributed by atoms with van der Waals surface area (Å²) in [6, 6.07) is 12.9. The Balaban J connectivity index is 1.82. The summed E-state index contributed by atoms with van der Waals surface area (Å²) in [5.74, 6) is -1.08. The van der Waals surface area contributed by atoms with E-state index in [1.165, 1.54) is 24.3 Å². The van der Waals surface area contributed by atoms with E-state index in [1.807, 2.05) is 31.2 Å². The molecule has 0 atom stereocenters. The number of esters is 1. The number of rotatable bonds is 6. The van der Waals surface area contributed by atoms with Gasteiger partial charge in [0.2, 0.25) is 0 Å². The second-order valence-electron chi connectivity index (χ2n) is 5.18. The molecule has 2 aromatic rings. The number of ether oxygens (including phenoxy) is 1. The highest BCUT2D eigenvalue weighted by Gasteiger charge is 2.11. The number of nitro groups is 1. The second-order valence-corrected chi connectivity index (χ2v) is 5.18. The average molecular weight is 328 g/mol. The fourth-order valence-electron chi connectivity index (χ4n) is 1.96. The van der Waals surface area contributed by atoms with Gasteiger partial charge in [-0.2, -0.15) is 0 Å². The molecule has 0 aliphatic carbocycles. The van der Waals surface area contributed by atoms with E-state index in [9.17, 15) is 19.7 Å². The lowest BCUT2D eigenvalue weighted by atomic mass is 10.1. The number of anilines is 1. The highest BCUT2D eigenvalue weighted by molar-refractivity contribution is 5.93. The number of nitrogens with zero attached hydrogens (tertiary/aromatic N) is 1. The van der Waals surface area contributed by atoms with Crippen LogP contribution in [-0.4, -0.2) is 23.4 Å². The summed E-state index contributed by atoms with van der Waals surface area (Å²) in [4.78, 5) is 33.6. The number of nitrogens with one attached hydrogen (secondary N) is 1. The molecule has 0 saturated heterocycles. The summed E-state index contributed by atoms with van der Waals surface area (Å²) in [5, 5.41) is 13.1. The van der Waals surface area contributed by atoms with Crippen molar-refractivity contribution in [1.29, 1.82) is 0 Å². The molecule has 1 N–H and O–H groups in total. The fraction of sp³-hybridized carbons (Fsp3) is 0.176. The Morgan fingerprint density at radius 3 is 2.54 bits per heavy atom. The minimum absolute atomic E-state index is 0.0738. The molecule has 1 amide bonds. The zero-order valence-electron chi connectivity index (χ0n) is 13.0. The van der Waals surface area contributed by atoms with Crippen molar-refractivity contribution in [2.45, 2.75) is 13.3 Å². The second kappa shape index (κ2) is 7.87. The van der Waals surface area contributed by atoms with Crippen molar-refractivity contribution in [2.75, 3.05) is 11.9 Å². The van der Waals surface area contributed by atoms with Gasteiger partial charge in [0.25, 0.3) is 11.6 Å². The molecule has 7 nitrogen and oxygen atoms in total. The zero-order valence-corrected chi connectivity index (χ0v) is 13.0. The Labute approximate surface area is 138 Å². The smallest absolute Gasteiger partial charge is 0.310 e. The van der Waals surface area contributed by atoms with Crippen LogP contribution in [0.15, 0.2) is 48.5 Å². The van der Waals surface area contributed by atoms with E-state index < -0.39 is 23.4 Å². The standard InChI is InChI=1S/C17H16N2O5/c1-12-5-7-13(8-6-12)9-17(21)24-11-16(20)18-14-3-2-4-15(10-14)19(22)23/h2-8,10H,9,11H2,1H3,(H,18,20). The van der Waals surface area contributed by atoms with E-state index in [0.717, 1.165) is 11.1 Å². The van der Waals surface area contributed by atoms with E-state index in [0.29, 0.717) is 0 Å². The Kier molecular flexibility index (Phi) is 5.62. The summed E-state index contributed by atoms with van der Waals surface area (Å²) in [5.41, 5.74) is 2.01. The van der Waals surface area contributed by atoms with Crippen molar-refractivity contribution in [1.82, 2.24) is 0 Å². The first-order chi connectivity index (χ1) is 11.4. The number of hydrogen-bond acceptors (Lipinski definition) is 5. The Morgan fingerprint density at radius 1 is 1.17 bits per heavy atom. The third-order valence-electron chi connectivity index (χ3n) is 3.17. The number of nitro benzene ring substituents is 1. The molecule has 7 heteroatoms. The molecule has 0 unspecified atom stereocenters. The van der Waals surface area contributed by atoms with Crippen molar-refractivity contribution in [3.63, 3.8) is 0 Å². The molecule has 0 bridgehead atoms. The molecule has 0 aliphatic heterocycles. The van der Waals surface area contributed by atoms with Crippen LogP contribution < -0.4 is 5.32 Å². The van der Waals surface area contributed by atoms with Gasteiger partial charge in [-0.15, -0.1) is 0 Å². The van der Waals surface area contributed by atoms with Crippen LogP contribution in [0.25, 0.3) is 0 Å². The molecule has 0 aliphatic rings. The summed E-state index contributed by atoms with van der Waals surface area (Å²) >= 11 is 0. The lowest BCUT2D eigenvalue weighted by molar-refractivity contribution is -0.384. The first kappa shape index (κ1) is 17.1. The van der Waals surface area contributed by atoms with Gasteiger partial charge in [-0.3, -0.25) is 19.7 Å². The maximum atomic E-state index is 11.7. The SMILES string of the molecule is Cc1ccc(CC(=O)OCC(=O)Nc2cccc([N+](=O)[O-])c2)cc1. The molecule has 0 spiro atoms. The lowest BCUT2D eigenvalue weighted by Gasteiger charge is -2.07. The highest BCUT2D eigenvalue weighted by atomic mass is 16.6. The van der Waals surface area contributed by atoms with Crippen molar-refractivity contribution >= 4 is 23.3 Å². The molecule has 0 fully saturated rings. The molecule has 2 rings (SSSR count). The third kappa shape index (κ3) is 5.20. The molecule has 0 radical (unpaired) electrons. The monoisotopic (exact) mass is 328 g/mol. The van der Waals surface area contributed by atoms with E-state index >= 15 is 0 Å². The van der Waals surface area contributed by atoms with Gasteiger partial charge in [0.05, 0.1) is 11.3 Å². The predicted molar refractivity (Wildman–Crippen MR) is 87.6 cm³/mol. The van der Waals surface area contributed by atoms with Crippen molar-refractivity contribution in [2.24, 2.45) is 0 Å². The predicted octanol–water partition coefficient (Wildman–Crippen LogP) is 2.63. The quantitative estimate of drug-likeness (QED) is 0.499. The van der Waals surface area contributed by atoms with Crippen LogP contribution in [0.2, 0.25) is 0 Å². The van der Waals surface area contributed by atoms with Crippen LogP contribution in [-0.2, 0) is 20.7 Å². The summed E-state index contributed by atoms with van der Waals surface area (Å²) in [6.07, 6.45) is 0.0738. The van der Waals surface area contributed by atoms with Crippen LogP contribution >= 0.6 is 0 Å². The molecule has 0 saturated carbocycles. The minimum Gasteiger partial charge on any atom is -0.455 e. The zero-order chi connectivity index (χ0) is 17.5. The molecular weight excluding hydrogens is 312 g/mol. The number of non-ortho nitro benzene ring substituents is 1. The van der Waals surface area contributed by atoms with E-state index in [2.05, 4.69) is 5.32 Å². The normalized spacial score (nSPS) is 10.0. The van der Waals surface area contributed by atoms with E-state index in [1.54, 1.807) is 0 Å². The van der Waals surface area contributed by atoms with Crippen LogP contribution in [0.1, 0.15) is 11.1 Å². The number of carbonyl (C=O) groups is 2. The lowest BCUT2D eigenvalue weighted by Crippen LogP contribution is -2.21. The minimum atomic E-state index is -0.562. The average Bonchev–Trinajstić information content (AvgIpc) is 2.55. The molecule has 0 aromatic heterocycles. The van der Waals surface area contributed by atoms with E-state index in [-0.39, 0.29) is 17.8 Å². The fourth-order valence-corrected chi connectivity index (χ4v) is 1.96. The molecule has 24 heavy (non-hydrogen) atoms. The maximum Gasteiger partial charge on any atom is 0.310 e. The van der Waals surface area contributed by atoms with Crippen LogP contribution in [0.5, 0.6) is 0 Å². The molecule has 0 heterocycles. The van der Waals surface area contributed by atoms with Gasteiger partial charge in [-0.25, -0.2) is 0 Å². The Hall–Kier alpha value is -3.22. The number of benzene rings is 2. The molecule has 2 aromatic carbocycles. The summed E-state index contributed by atoms with van der Waals surface area (Å²) in [6.45, 7) is 1.49. The third-order valence-corrected chi connectivity index (χ3v) is 3.17. The summed E-state index contributed by atoms with van der Waals surface area (Å²) < 4.78 is 4.90. The van der Waals surface area contributed by atoms with Crippen LogP contribution in [0.4, 0.5) is 11.4 Å². The first-order valence-electron chi connectivity index (χ1n) is 7.19. The first-order valence-corrected chi connectivity index (χ1v) is 7.19.